The average Bonchev–Trinajstić information content (AvgIpc) is 3.49. The Morgan fingerprint density at radius 3 is 1.76 bits per heavy atom. The standard InChI is InChI=1S/C26H14F3N5O2S/c1-14-3-5-16(6-4-14)20-22(35-24(33-20)15(2)11-30)23-21(34-25(36-23)18(12-31)13-32)17-7-9-19(10-8-17)37-26(27,28)29/h3-10H,1-2H3/b23-22+,24-15-. The highest BCUT2D eigenvalue weighted by atomic mass is 32.2. The molecule has 0 fully saturated rings. The van der Waals surface area contributed by atoms with Gasteiger partial charge in [-0.3, -0.25) is 0 Å². The Morgan fingerprint density at radius 1 is 0.784 bits per heavy atom. The number of aromatic nitrogens is 2. The van der Waals surface area contributed by atoms with Crippen molar-refractivity contribution < 1.29 is 22.0 Å². The van der Waals surface area contributed by atoms with Gasteiger partial charge >= 0.3 is 5.51 Å². The largest absolute Gasteiger partial charge is 0.446 e. The van der Waals surface area contributed by atoms with E-state index in [1.807, 2.05) is 25.1 Å². The van der Waals surface area contributed by atoms with Crippen LogP contribution >= 0.6 is 11.8 Å². The fourth-order valence-electron chi connectivity index (χ4n) is 3.30. The molecule has 4 rings (SSSR count). The van der Waals surface area contributed by atoms with E-state index in [1.165, 1.54) is 31.2 Å². The predicted molar refractivity (Wildman–Crippen MR) is 127 cm³/mol. The summed E-state index contributed by atoms with van der Waals surface area (Å²) in [7, 11) is 0. The maximum Gasteiger partial charge on any atom is 0.446 e. The topological polar surface area (TPSA) is 123 Å². The fraction of sp³-hybridized carbons (Fsp3) is 0.115. The molecular weight excluding hydrogens is 503 g/mol. The first kappa shape index (κ1) is 25.3. The highest BCUT2D eigenvalue weighted by Crippen LogP contribution is 2.37. The zero-order valence-electron chi connectivity index (χ0n) is 19.2. The second-order valence-corrected chi connectivity index (χ2v) is 8.81. The number of halogens is 3. The number of hydrogen-bond acceptors (Lipinski definition) is 8. The number of aryl methyl sites for hydroxylation is 1. The van der Waals surface area contributed by atoms with E-state index in [0.717, 1.165) is 5.56 Å². The van der Waals surface area contributed by atoms with E-state index in [2.05, 4.69) is 9.97 Å². The van der Waals surface area contributed by atoms with Crippen LogP contribution in [-0.4, -0.2) is 15.5 Å². The molecule has 0 spiro atoms. The Morgan fingerprint density at radius 2 is 1.27 bits per heavy atom. The maximum absolute atomic E-state index is 12.8. The van der Waals surface area contributed by atoms with Crippen LogP contribution in [0.15, 0.2) is 62.3 Å². The van der Waals surface area contributed by atoms with E-state index < -0.39 is 11.1 Å². The van der Waals surface area contributed by atoms with Gasteiger partial charge in [-0.15, -0.1) is 0 Å². The van der Waals surface area contributed by atoms with Gasteiger partial charge in [0, 0.05) is 16.0 Å². The van der Waals surface area contributed by atoms with Crippen molar-refractivity contribution in [1.29, 1.82) is 15.8 Å². The molecule has 182 valence electrons. The lowest BCUT2D eigenvalue weighted by atomic mass is 10.1. The normalized spacial score (nSPS) is 12.8. The summed E-state index contributed by atoms with van der Waals surface area (Å²) in [6.07, 6.45) is 0. The molecule has 37 heavy (non-hydrogen) atoms. The zero-order valence-corrected chi connectivity index (χ0v) is 20.0. The summed E-state index contributed by atoms with van der Waals surface area (Å²) in [4.78, 5) is 8.71. The molecule has 0 bridgehead atoms. The Kier molecular flexibility index (Phi) is 6.88. The Bertz CT molecular complexity index is 1820. The molecule has 0 amide bonds. The predicted octanol–water partition coefficient (Wildman–Crippen LogP) is 5.10. The average molecular weight is 517 g/mol. The zero-order chi connectivity index (χ0) is 26.7. The molecule has 0 aliphatic rings. The van der Waals surface area contributed by atoms with Crippen molar-refractivity contribution >= 4 is 22.9 Å². The van der Waals surface area contributed by atoms with Gasteiger partial charge in [0.2, 0.25) is 21.9 Å². The molecule has 0 atom stereocenters. The van der Waals surface area contributed by atoms with Crippen molar-refractivity contribution in [2.45, 2.75) is 24.3 Å². The lowest BCUT2D eigenvalue weighted by Gasteiger charge is -2.05. The second-order valence-electron chi connectivity index (χ2n) is 7.67. The van der Waals surface area contributed by atoms with Gasteiger partial charge in [-0.25, -0.2) is 9.97 Å². The fourth-order valence-corrected chi connectivity index (χ4v) is 3.84. The number of rotatable bonds is 3. The van der Waals surface area contributed by atoms with E-state index in [4.69, 9.17) is 8.83 Å². The van der Waals surface area contributed by atoms with E-state index in [1.54, 1.807) is 24.3 Å². The summed E-state index contributed by atoms with van der Waals surface area (Å²) in [5.74, 6) is 0. The third kappa shape index (κ3) is 5.40. The van der Waals surface area contributed by atoms with Crippen LogP contribution in [0.2, 0.25) is 0 Å². The van der Waals surface area contributed by atoms with E-state index in [-0.39, 0.29) is 49.8 Å². The second kappa shape index (κ2) is 10.1. The van der Waals surface area contributed by atoms with Crippen molar-refractivity contribution in [1.82, 2.24) is 9.97 Å². The minimum Gasteiger partial charge on any atom is -0.432 e. The van der Waals surface area contributed by atoms with Crippen molar-refractivity contribution in [2.75, 3.05) is 0 Å². The first-order chi connectivity index (χ1) is 17.6. The molecule has 4 aromatic rings. The molecule has 11 heteroatoms. The molecular formula is C26H14F3N5O2S. The Labute approximate surface area is 211 Å². The molecule has 2 aromatic heterocycles. The van der Waals surface area contributed by atoms with Crippen LogP contribution < -0.4 is 11.1 Å². The molecule has 2 aromatic carbocycles. The highest BCUT2D eigenvalue weighted by Gasteiger charge is 2.29. The van der Waals surface area contributed by atoms with E-state index in [9.17, 15) is 29.0 Å². The van der Waals surface area contributed by atoms with Crippen LogP contribution in [0.5, 0.6) is 0 Å². The van der Waals surface area contributed by atoms with Crippen molar-refractivity contribution in [3.63, 3.8) is 0 Å². The highest BCUT2D eigenvalue weighted by molar-refractivity contribution is 8.00. The Hall–Kier alpha value is -4.79. The van der Waals surface area contributed by atoms with Gasteiger partial charge in [-0.2, -0.15) is 29.0 Å². The summed E-state index contributed by atoms with van der Waals surface area (Å²) in [5, 5.41) is 28.0. The van der Waals surface area contributed by atoms with Crippen molar-refractivity contribution in [2.24, 2.45) is 0 Å². The van der Waals surface area contributed by atoms with Crippen LogP contribution in [0.1, 0.15) is 12.5 Å². The summed E-state index contributed by atoms with van der Waals surface area (Å²) in [5.41, 5.74) is -2.46. The number of alkyl halides is 3. The van der Waals surface area contributed by atoms with Gasteiger partial charge in [0.1, 0.15) is 29.6 Å². The van der Waals surface area contributed by atoms with Crippen LogP contribution in [-0.2, 0) is 0 Å². The lowest BCUT2D eigenvalue weighted by molar-refractivity contribution is -0.0328. The van der Waals surface area contributed by atoms with Gasteiger partial charge in [0.05, 0.1) is 5.57 Å². The molecule has 0 unspecified atom stereocenters. The first-order valence-corrected chi connectivity index (χ1v) is 11.3. The lowest BCUT2D eigenvalue weighted by Crippen LogP contribution is -2.04. The molecule has 7 nitrogen and oxygen atoms in total. The maximum atomic E-state index is 12.8. The number of nitrogens with zero attached hydrogens (tertiary/aromatic N) is 5. The molecule has 0 N–H and O–H groups in total. The molecule has 2 heterocycles. The number of benzene rings is 2. The quantitative estimate of drug-likeness (QED) is 0.344. The molecule has 0 saturated heterocycles. The summed E-state index contributed by atoms with van der Waals surface area (Å²) in [6, 6.07) is 18.1. The third-order valence-electron chi connectivity index (χ3n) is 5.07. The summed E-state index contributed by atoms with van der Waals surface area (Å²) in [6.45, 7) is 3.44. The van der Waals surface area contributed by atoms with Gasteiger partial charge in [-0.1, -0.05) is 42.0 Å². The third-order valence-corrected chi connectivity index (χ3v) is 5.81. The van der Waals surface area contributed by atoms with Gasteiger partial charge in [0.15, 0.2) is 5.57 Å². The number of oxazole rings is 2. The Balaban J connectivity index is 2.13. The molecule has 0 aliphatic heterocycles. The molecule has 0 saturated carbocycles. The van der Waals surface area contributed by atoms with Crippen LogP contribution in [0, 0.1) is 51.7 Å². The smallest absolute Gasteiger partial charge is 0.432 e. The molecule has 0 radical (unpaired) electrons. The minimum atomic E-state index is -4.45. The minimum absolute atomic E-state index is 0.00529. The van der Waals surface area contributed by atoms with Crippen LogP contribution in [0.25, 0.3) is 33.7 Å². The van der Waals surface area contributed by atoms with Crippen LogP contribution in [0.4, 0.5) is 13.2 Å². The van der Waals surface area contributed by atoms with Crippen LogP contribution in [0.3, 0.4) is 0 Å². The molecule has 0 aliphatic carbocycles. The van der Waals surface area contributed by atoms with Crippen molar-refractivity contribution in [3.05, 3.63) is 76.0 Å². The van der Waals surface area contributed by atoms with Gasteiger partial charge in [0.25, 0.3) is 0 Å². The number of nitriles is 3. The van der Waals surface area contributed by atoms with Gasteiger partial charge in [-0.05, 0) is 37.7 Å². The number of thioether (sulfide) groups is 1. The summed E-state index contributed by atoms with van der Waals surface area (Å²) < 4.78 is 50.1. The van der Waals surface area contributed by atoms with E-state index >= 15 is 0 Å². The monoisotopic (exact) mass is 517 g/mol. The van der Waals surface area contributed by atoms with Gasteiger partial charge < -0.3 is 8.83 Å². The summed E-state index contributed by atoms with van der Waals surface area (Å²) >= 11 is -0.264. The van der Waals surface area contributed by atoms with E-state index in [0.29, 0.717) is 16.8 Å². The SMILES string of the molecule is C/C(C#N)=c1\nc(-c2ccc(C)cc2)/c(=c2\oc(=C(C#N)C#N)nc2-c2ccc(SC(F)(F)F)cc2)o1. The first-order valence-electron chi connectivity index (χ1n) is 10.5. The van der Waals surface area contributed by atoms with Crippen molar-refractivity contribution in [3.8, 4) is 40.7 Å². The number of hydrogen-bond donors (Lipinski definition) is 0.